The quantitative estimate of drug-likeness (QED) is 0.808. The van der Waals surface area contributed by atoms with Crippen LogP contribution in [-0.2, 0) is 0 Å². The van der Waals surface area contributed by atoms with Crippen LogP contribution in [0, 0.1) is 11.6 Å². The highest BCUT2D eigenvalue weighted by Gasteiger charge is 2.18. The fourth-order valence-corrected chi connectivity index (χ4v) is 2.30. The molecule has 22 heavy (non-hydrogen) atoms. The Morgan fingerprint density at radius 1 is 1.14 bits per heavy atom. The third kappa shape index (κ3) is 2.39. The predicted octanol–water partition coefficient (Wildman–Crippen LogP) is 2.73. The van der Waals surface area contributed by atoms with E-state index in [-0.39, 0.29) is 5.69 Å². The number of rotatable bonds is 3. The maximum Gasteiger partial charge on any atom is 0.215 e. The molecule has 114 valence electrons. The fourth-order valence-electron chi connectivity index (χ4n) is 2.30. The normalized spacial score (nSPS) is 12.6. The molecule has 0 radical (unpaired) electrons. The van der Waals surface area contributed by atoms with E-state index in [9.17, 15) is 8.78 Å². The fraction of sp³-hybridized carbons (Fsp3) is 0.200. The number of fused-ring (bicyclic) bond motifs is 1. The van der Waals surface area contributed by atoms with Crippen molar-refractivity contribution in [3.63, 3.8) is 0 Å². The third-order valence-corrected chi connectivity index (χ3v) is 3.23. The van der Waals surface area contributed by atoms with E-state index in [1.54, 1.807) is 19.1 Å². The molecule has 1 atom stereocenters. The molecular formula is C15H14F2N4O. The zero-order chi connectivity index (χ0) is 15.9. The van der Waals surface area contributed by atoms with Crippen LogP contribution < -0.4 is 10.5 Å². The van der Waals surface area contributed by atoms with Gasteiger partial charge in [0.15, 0.2) is 5.65 Å². The number of halogens is 2. The van der Waals surface area contributed by atoms with Crippen molar-refractivity contribution in [3.8, 4) is 11.6 Å². The highest BCUT2D eigenvalue weighted by Crippen LogP contribution is 2.26. The van der Waals surface area contributed by atoms with Crippen molar-refractivity contribution < 1.29 is 13.5 Å². The number of imidazole rings is 1. The van der Waals surface area contributed by atoms with Crippen LogP contribution in [0.1, 0.15) is 18.8 Å². The molecule has 0 aliphatic rings. The second kappa shape index (κ2) is 5.34. The van der Waals surface area contributed by atoms with Gasteiger partial charge in [-0.25, -0.2) is 13.8 Å². The molecule has 0 amide bonds. The van der Waals surface area contributed by atoms with E-state index in [2.05, 4.69) is 9.97 Å². The SMILES string of the molecule is COc1ccc2nc(C(C)N)n(-c3cc(F)cc(F)c3)c2n1. The zero-order valence-electron chi connectivity index (χ0n) is 12.0. The molecule has 0 saturated carbocycles. The molecule has 0 spiro atoms. The first-order valence-corrected chi connectivity index (χ1v) is 6.65. The Balaban J connectivity index is 2.35. The highest BCUT2D eigenvalue weighted by molar-refractivity contribution is 5.75. The Hall–Kier alpha value is -2.54. The van der Waals surface area contributed by atoms with Crippen LogP contribution in [0.15, 0.2) is 30.3 Å². The lowest BCUT2D eigenvalue weighted by atomic mass is 10.2. The lowest BCUT2D eigenvalue weighted by Crippen LogP contribution is -2.13. The van der Waals surface area contributed by atoms with Gasteiger partial charge in [-0.1, -0.05) is 0 Å². The molecule has 1 aromatic carbocycles. The first kappa shape index (κ1) is 14.4. The molecule has 5 nitrogen and oxygen atoms in total. The Labute approximate surface area is 125 Å². The molecule has 3 aromatic rings. The van der Waals surface area contributed by atoms with Gasteiger partial charge >= 0.3 is 0 Å². The van der Waals surface area contributed by atoms with E-state index in [0.29, 0.717) is 22.9 Å². The number of ether oxygens (including phenoxy) is 1. The number of pyridine rings is 1. The number of nitrogens with zero attached hydrogens (tertiary/aromatic N) is 3. The number of methoxy groups -OCH3 is 1. The van der Waals surface area contributed by atoms with Gasteiger partial charge in [-0.05, 0) is 25.1 Å². The lowest BCUT2D eigenvalue weighted by molar-refractivity contribution is 0.399. The topological polar surface area (TPSA) is 66.0 Å². The molecule has 0 aliphatic carbocycles. The maximum atomic E-state index is 13.5. The molecular weight excluding hydrogens is 290 g/mol. The van der Waals surface area contributed by atoms with Crippen LogP contribution in [0.3, 0.4) is 0 Å². The zero-order valence-corrected chi connectivity index (χ0v) is 12.0. The number of hydrogen-bond donors (Lipinski definition) is 1. The van der Waals surface area contributed by atoms with Crippen molar-refractivity contribution in [2.24, 2.45) is 5.73 Å². The van der Waals surface area contributed by atoms with Crippen LogP contribution in [0.5, 0.6) is 5.88 Å². The summed E-state index contributed by atoms with van der Waals surface area (Å²) in [6.45, 7) is 1.74. The smallest absolute Gasteiger partial charge is 0.215 e. The van der Waals surface area contributed by atoms with Gasteiger partial charge in [0.2, 0.25) is 5.88 Å². The third-order valence-electron chi connectivity index (χ3n) is 3.23. The summed E-state index contributed by atoms with van der Waals surface area (Å²) in [6, 6.07) is 6.17. The maximum absolute atomic E-state index is 13.5. The van der Waals surface area contributed by atoms with E-state index in [0.717, 1.165) is 6.07 Å². The summed E-state index contributed by atoms with van der Waals surface area (Å²) in [6.07, 6.45) is 0. The molecule has 1 unspecified atom stereocenters. The van der Waals surface area contributed by atoms with Gasteiger partial charge < -0.3 is 10.5 Å². The average Bonchev–Trinajstić information content (AvgIpc) is 2.84. The summed E-state index contributed by atoms with van der Waals surface area (Å²) in [7, 11) is 1.49. The van der Waals surface area contributed by atoms with Crippen LogP contribution in [0.4, 0.5) is 8.78 Å². The number of aromatic nitrogens is 3. The van der Waals surface area contributed by atoms with Crippen molar-refractivity contribution in [2.45, 2.75) is 13.0 Å². The highest BCUT2D eigenvalue weighted by atomic mass is 19.1. The largest absolute Gasteiger partial charge is 0.481 e. The summed E-state index contributed by atoms with van der Waals surface area (Å²) in [5.74, 6) is -0.534. The molecule has 2 N–H and O–H groups in total. The number of hydrogen-bond acceptors (Lipinski definition) is 4. The van der Waals surface area contributed by atoms with Gasteiger partial charge in [-0.3, -0.25) is 4.57 Å². The second-order valence-corrected chi connectivity index (χ2v) is 4.92. The summed E-state index contributed by atoms with van der Waals surface area (Å²) in [5.41, 5.74) is 7.20. The molecule has 0 fully saturated rings. The minimum Gasteiger partial charge on any atom is -0.481 e. The van der Waals surface area contributed by atoms with Crippen molar-refractivity contribution in [2.75, 3.05) is 7.11 Å². The summed E-state index contributed by atoms with van der Waals surface area (Å²) in [5, 5.41) is 0. The Bertz CT molecular complexity index is 825. The van der Waals surface area contributed by atoms with E-state index < -0.39 is 17.7 Å². The van der Waals surface area contributed by atoms with Crippen LogP contribution in [0.25, 0.3) is 16.9 Å². The molecule has 0 aliphatic heterocycles. The summed E-state index contributed by atoms with van der Waals surface area (Å²) < 4.78 is 33.7. The van der Waals surface area contributed by atoms with E-state index in [4.69, 9.17) is 10.5 Å². The van der Waals surface area contributed by atoms with Crippen molar-refractivity contribution >= 4 is 11.2 Å². The summed E-state index contributed by atoms with van der Waals surface area (Å²) in [4.78, 5) is 8.71. The average molecular weight is 304 g/mol. The molecule has 7 heteroatoms. The van der Waals surface area contributed by atoms with Crippen LogP contribution >= 0.6 is 0 Å². The molecule has 0 bridgehead atoms. The lowest BCUT2D eigenvalue weighted by Gasteiger charge is -2.11. The van der Waals surface area contributed by atoms with Crippen LogP contribution in [0.2, 0.25) is 0 Å². The minimum atomic E-state index is -0.685. The van der Waals surface area contributed by atoms with Crippen LogP contribution in [-0.4, -0.2) is 21.6 Å². The molecule has 0 saturated heterocycles. The van der Waals surface area contributed by atoms with E-state index in [1.165, 1.54) is 23.8 Å². The van der Waals surface area contributed by atoms with Gasteiger partial charge in [0.05, 0.1) is 18.8 Å². The van der Waals surface area contributed by atoms with Gasteiger partial charge in [-0.2, -0.15) is 4.98 Å². The van der Waals surface area contributed by atoms with Crippen molar-refractivity contribution in [1.82, 2.24) is 14.5 Å². The van der Waals surface area contributed by atoms with E-state index >= 15 is 0 Å². The van der Waals surface area contributed by atoms with Gasteiger partial charge in [-0.15, -0.1) is 0 Å². The van der Waals surface area contributed by atoms with Gasteiger partial charge in [0.1, 0.15) is 23.0 Å². The number of nitrogens with two attached hydrogens (primary N) is 1. The first-order valence-electron chi connectivity index (χ1n) is 6.65. The standard InChI is InChI=1S/C15H14F2N4O/c1-8(18)14-19-12-3-4-13(22-2)20-15(12)21(14)11-6-9(16)5-10(17)7-11/h3-8H,18H2,1-2H3. The molecule has 3 rings (SSSR count). The monoisotopic (exact) mass is 304 g/mol. The number of benzene rings is 1. The minimum absolute atomic E-state index is 0.271. The second-order valence-electron chi connectivity index (χ2n) is 4.92. The summed E-state index contributed by atoms with van der Waals surface area (Å²) >= 11 is 0. The molecule has 2 heterocycles. The van der Waals surface area contributed by atoms with E-state index in [1.807, 2.05) is 0 Å². The Kier molecular flexibility index (Phi) is 3.50. The predicted molar refractivity (Wildman–Crippen MR) is 77.9 cm³/mol. The Morgan fingerprint density at radius 2 is 1.82 bits per heavy atom. The Morgan fingerprint density at radius 3 is 2.41 bits per heavy atom. The molecule has 2 aromatic heterocycles. The van der Waals surface area contributed by atoms with Crippen molar-refractivity contribution in [3.05, 3.63) is 47.8 Å². The van der Waals surface area contributed by atoms with Gasteiger partial charge in [0.25, 0.3) is 0 Å². The van der Waals surface area contributed by atoms with Gasteiger partial charge in [0, 0.05) is 12.1 Å². The first-order chi connectivity index (χ1) is 10.5. The van der Waals surface area contributed by atoms with Crippen molar-refractivity contribution in [1.29, 1.82) is 0 Å².